The van der Waals surface area contributed by atoms with Gasteiger partial charge in [0.15, 0.2) is 10.7 Å². The minimum atomic E-state index is -4.01. The number of rotatable bonds is 6. The molecule has 0 atom stereocenters. The lowest BCUT2D eigenvalue weighted by molar-refractivity contribution is -0.137. The lowest BCUT2D eigenvalue weighted by Crippen LogP contribution is -2.52. The van der Waals surface area contributed by atoms with Crippen molar-refractivity contribution in [3.63, 3.8) is 0 Å². The Hall–Kier alpha value is -3.64. The van der Waals surface area contributed by atoms with Crippen LogP contribution in [0.25, 0.3) is 12.2 Å². The summed E-state index contributed by atoms with van der Waals surface area (Å²) in [6.07, 6.45) is 3.31. The number of piperidine rings is 1. The van der Waals surface area contributed by atoms with Crippen LogP contribution in [-0.4, -0.2) is 68.0 Å². The number of carbonyl (C=O) groups is 1. The van der Waals surface area contributed by atoms with Crippen LogP contribution in [0, 0.1) is 30.3 Å². The van der Waals surface area contributed by atoms with E-state index >= 15 is 0 Å². The maximum atomic E-state index is 14.1. The highest BCUT2D eigenvalue weighted by molar-refractivity contribution is 7.89. The molecule has 212 valence electrons. The first kappa shape index (κ1) is 27.9. The fourth-order valence-electron chi connectivity index (χ4n) is 5.21. The number of amides is 1. The number of aromatic nitrogens is 1. The van der Waals surface area contributed by atoms with Crippen molar-refractivity contribution in [2.24, 2.45) is 5.92 Å². The summed E-state index contributed by atoms with van der Waals surface area (Å²) in [5.41, 5.74) is 0.743. The number of sulfonamides is 1. The molecule has 0 aliphatic carbocycles. The van der Waals surface area contributed by atoms with Crippen LogP contribution in [0.3, 0.4) is 0 Å². The molecule has 3 aromatic rings. The second-order valence-corrected chi connectivity index (χ2v) is 11.8. The van der Waals surface area contributed by atoms with Gasteiger partial charge in [-0.25, -0.2) is 21.6 Å². The minimum Gasteiger partial charge on any atom is -0.366 e. The van der Waals surface area contributed by atoms with Crippen molar-refractivity contribution in [3.05, 3.63) is 76.9 Å². The van der Waals surface area contributed by atoms with Crippen LogP contribution in [0.4, 0.5) is 18.9 Å². The molecule has 8 nitrogen and oxygen atoms in total. The Balaban J connectivity index is 1.21. The molecule has 3 heterocycles. The summed E-state index contributed by atoms with van der Waals surface area (Å²) in [6, 6.07) is 9.63. The van der Waals surface area contributed by atoms with E-state index in [4.69, 9.17) is 4.52 Å². The highest BCUT2D eigenvalue weighted by Crippen LogP contribution is 2.30. The van der Waals surface area contributed by atoms with Crippen molar-refractivity contribution < 1.29 is 30.9 Å². The van der Waals surface area contributed by atoms with Crippen LogP contribution < -0.4 is 4.90 Å². The summed E-state index contributed by atoms with van der Waals surface area (Å²) < 4.78 is 74.9. The fraction of sp³-hybridized carbons (Fsp3) is 0.357. The predicted molar refractivity (Wildman–Crippen MR) is 143 cm³/mol. The van der Waals surface area contributed by atoms with Crippen molar-refractivity contribution >= 4 is 33.8 Å². The van der Waals surface area contributed by atoms with Gasteiger partial charge in [0, 0.05) is 56.8 Å². The Bertz CT molecular complexity index is 1530. The van der Waals surface area contributed by atoms with E-state index in [1.807, 2.05) is 4.90 Å². The van der Waals surface area contributed by atoms with E-state index in [1.54, 1.807) is 23.1 Å². The molecule has 12 heteroatoms. The predicted octanol–water partition coefficient (Wildman–Crippen LogP) is 4.32. The van der Waals surface area contributed by atoms with E-state index in [0.29, 0.717) is 44.7 Å². The quantitative estimate of drug-likeness (QED) is 0.436. The van der Waals surface area contributed by atoms with Gasteiger partial charge in [-0.05, 0) is 56.2 Å². The summed E-state index contributed by atoms with van der Waals surface area (Å²) in [5.74, 6) is -2.20. The van der Waals surface area contributed by atoms with Gasteiger partial charge in [0.25, 0.3) is 0 Å². The van der Waals surface area contributed by atoms with E-state index in [0.717, 1.165) is 12.1 Å². The molecule has 1 aromatic heterocycles. The van der Waals surface area contributed by atoms with E-state index in [2.05, 4.69) is 5.16 Å². The van der Waals surface area contributed by atoms with Crippen molar-refractivity contribution in [2.75, 3.05) is 44.2 Å². The van der Waals surface area contributed by atoms with Crippen LogP contribution >= 0.6 is 0 Å². The van der Waals surface area contributed by atoms with E-state index < -0.39 is 21.7 Å². The number of nitrogens with zero attached hydrogens (tertiary/aromatic N) is 4. The zero-order chi connectivity index (χ0) is 28.4. The van der Waals surface area contributed by atoms with E-state index in [9.17, 15) is 26.4 Å². The Labute approximate surface area is 230 Å². The van der Waals surface area contributed by atoms with Crippen LogP contribution in [0.5, 0.6) is 0 Å². The SMILES string of the molecule is Cc1noc(/C=C/c2ccc(F)cc2F)c1S(=O)(=O)N1CCC(C(=O)N2CCN(c3ccccc3F)CC2)CC1. The van der Waals surface area contributed by atoms with Gasteiger partial charge in [0.05, 0.1) is 5.69 Å². The van der Waals surface area contributed by atoms with Crippen LogP contribution in [0.1, 0.15) is 29.9 Å². The molecule has 0 radical (unpaired) electrons. The van der Waals surface area contributed by atoms with Gasteiger partial charge in [-0.3, -0.25) is 4.79 Å². The van der Waals surface area contributed by atoms with Gasteiger partial charge >= 0.3 is 0 Å². The third-order valence-electron chi connectivity index (χ3n) is 7.40. The molecule has 0 spiro atoms. The molecule has 2 aliphatic rings. The smallest absolute Gasteiger partial charge is 0.248 e. The van der Waals surface area contributed by atoms with Gasteiger partial charge in [-0.2, -0.15) is 4.31 Å². The fourth-order valence-corrected chi connectivity index (χ4v) is 6.93. The molecule has 40 heavy (non-hydrogen) atoms. The summed E-state index contributed by atoms with van der Waals surface area (Å²) in [4.78, 5) is 16.8. The number of para-hydroxylation sites is 1. The number of anilines is 1. The highest BCUT2D eigenvalue weighted by Gasteiger charge is 2.37. The summed E-state index contributed by atoms with van der Waals surface area (Å²) >= 11 is 0. The molecular formula is C28H29F3N4O4S. The highest BCUT2D eigenvalue weighted by atomic mass is 32.2. The summed E-state index contributed by atoms with van der Waals surface area (Å²) in [5, 5.41) is 3.79. The van der Waals surface area contributed by atoms with Gasteiger partial charge in [-0.15, -0.1) is 0 Å². The van der Waals surface area contributed by atoms with Crippen molar-refractivity contribution in [1.29, 1.82) is 0 Å². The van der Waals surface area contributed by atoms with Gasteiger partial charge in [0.1, 0.15) is 23.1 Å². The number of benzene rings is 2. The number of piperazine rings is 1. The largest absolute Gasteiger partial charge is 0.366 e. The monoisotopic (exact) mass is 574 g/mol. The molecule has 0 unspecified atom stereocenters. The van der Waals surface area contributed by atoms with Crippen LogP contribution in [-0.2, 0) is 14.8 Å². The topological polar surface area (TPSA) is 87.0 Å². The maximum absolute atomic E-state index is 14.1. The first-order valence-corrected chi connectivity index (χ1v) is 14.5. The normalized spacial score (nSPS) is 17.6. The van der Waals surface area contributed by atoms with Gasteiger partial charge in [-0.1, -0.05) is 17.3 Å². The molecule has 1 amide bonds. The summed E-state index contributed by atoms with van der Waals surface area (Å²) in [6.45, 7) is 3.77. The molecule has 2 aromatic carbocycles. The van der Waals surface area contributed by atoms with Gasteiger partial charge in [0.2, 0.25) is 15.9 Å². The number of hydrogen-bond acceptors (Lipinski definition) is 6. The standard InChI is InChI=1S/C28H29F3N4O4S/c1-19-27(26(39-32-19)9-7-20-6-8-22(29)18-24(20)31)40(37,38)35-12-10-21(11-13-35)28(36)34-16-14-33(15-17-34)25-5-3-2-4-23(25)30/h2-9,18,21H,10-17H2,1H3/b9-7+. The van der Waals surface area contributed by atoms with Crippen molar-refractivity contribution in [1.82, 2.24) is 14.4 Å². The molecule has 0 bridgehead atoms. The number of aryl methyl sites for hydroxylation is 1. The number of hydrogen-bond donors (Lipinski definition) is 0. The zero-order valence-corrected chi connectivity index (χ0v) is 22.7. The second kappa shape index (κ2) is 11.5. The zero-order valence-electron chi connectivity index (χ0n) is 21.9. The molecule has 5 rings (SSSR count). The molecular weight excluding hydrogens is 545 g/mol. The lowest BCUT2D eigenvalue weighted by Gasteiger charge is -2.39. The molecule has 0 saturated carbocycles. The third kappa shape index (κ3) is 5.64. The number of carbonyl (C=O) groups excluding carboxylic acids is 1. The first-order valence-electron chi connectivity index (χ1n) is 13.0. The Morgan fingerprint density at radius 2 is 1.65 bits per heavy atom. The lowest BCUT2D eigenvalue weighted by atomic mass is 9.96. The van der Waals surface area contributed by atoms with Crippen LogP contribution in [0.2, 0.25) is 0 Å². The third-order valence-corrected chi connectivity index (χ3v) is 9.45. The Morgan fingerprint density at radius 3 is 2.33 bits per heavy atom. The first-order chi connectivity index (χ1) is 19.1. The minimum absolute atomic E-state index is 0.0173. The van der Waals surface area contributed by atoms with Gasteiger partial charge < -0.3 is 14.3 Å². The van der Waals surface area contributed by atoms with E-state index in [1.165, 1.54) is 35.5 Å². The molecule has 2 saturated heterocycles. The second-order valence-electron chi connectivity index (χ2n) is 9.90. The average Bonchev–Trinajstić information content (AvgIpc) is 3.33. The Morgan fingerprint density at radius 1 is 0.950 bits per heavy atom. The molecule has 2 fully saturated rings. The van der Waals surface area contributed by atoms with E-state index in [-0.39, 0.29) is 52.6 Å². The molecule has 0 N–H and O–H groups in total. The summed E-state index contributed by atoms with van der Waals surface area (Å²) in [7, 11) is -4.01. The van der Waals surface area contributed by atoms with Crippen molar-refractivity contribution in [2.45, 2.75) is 24.7 Å². The molecule has 2 aliphatic heterocycles. The van der Waals surface area contributed by atoms with Crippen LogP contribution in [0.15, 0.2) is 51.9 Å². The number of halogens is 3. The van der Waals surface area contributed by atoms with Crippen molar-refractivity contribution in [3.8, 4) is 0 Å². The Kier molecular flexibility index (Phi) is 7.99. The maximum Gasteiger partial charge on any atom is 0.248 e. The average molecular weight is 575 g/mol.